The summed E-state index contributed by atoms with van der Waals surface area (Å²) < 4.78 is 5.06. The van der Waals surface area contributed by atoms with Crippen LogP contribution in [0, 0.1) is 5.92 Å². The fraction of sp³-hybridized carbons (Fsp3) is 0.900. The van der Waals surface area contributed by atoms with Gasteiger partial charge in [-0.3, -0.25) is 4.79 Å². The van der Waals surface area contributed by atoms with Crippen LogP contribution in [0.5, 0.6) is 0 Å². The van der Waals surface area contributed by atoms with Gasteiger partial charge in [-0.2, -0.15) is 0 Å². The lowest BCUT2D eigenvalue weighted by Gasteiger charge is -2.13. The molecule has 0 radical (unpaired) electrons. The molecule has 1 amide bonds. The number of carbonyl (C=O) groups is 1. The molecular formula is C10H20BrNO3. The normalized spacial score (nSPS) is 12.9. The lowest BCUT2D eigenvalue weighted by atomic mass is 10.1. The van der Waals surface area contributed by atoms with Gasteiger partial charge < -0.3 is 15.2 Å². The molecule has 0 aliphatic heterocycles. The van der Waals surface area contributed by atoms with Gasteiger partial charge in [0.1, 0.15) is 0 Å². The molecule has 0 aliphatic carbocycles. The van der Waals surface area contributed by atoms with Crippen molar-refractivity contribution in [2.75, 3.05) is 26.4 Å². The molecular weight excluding hydrogens is 262 g/mol. The molecule has 90 valence electrons. The van der Waals surface area contributed by atoms with Crippen LogP contribution in [0.2, 0.25) is 0 Å². The van der Waals surface area contributed by atoms with E-state index in [-0.39, 0.29) is 23.3 Å². The number of nitrogens with one attached hydrogen (secondary N) is 1. The molecule has 0 rings (SSSR count). The minimum absolute atomic E-state index is 0.0205. The summed E-state index contributed by atoms with van der Waals surface area (Å²) in [6.45, 7) is 5.56. The fourth-order valence-corrected chi connectivity index (χ4v) is 1.11. The van der Waals surface area contributed by atoms with Crippen LogP contribution in [0.1, 0.15) is 20.3 Å². The first-order chi connectivity index (χ1) is 7.09. The summed E-state index contributed by atoms with van der Waals surface area (Å²) in [6.07, 6.45) is 0.767. The van der Waals surface area contributed by atoms with E-state index in [1.165, 1.54) is 0 Å². The Morgan fingerprint density at radius 1 is 1.47 bits per heavy atom. The van der Waals surface area contributed by atoms with Crippen molar-refractivity contribution in [2.24, 2.45) is 5.92 Å². The summed E-state index contributed by atoms with van der Waals surface area (Å²) in [7, 11) is 0. The number of halogens is 1. The highest BCUT2D eigenvalue weighted by molar-refractivity contribution is 9.10. The van der Waals surface area contributed by atoms with Crippen LogP contribution in [0.15, 0.2) is 0 Å². The van der Waals surface area contributed by atoms with Gasteiger partial charge in [-0.1, -0.05) is 29.8 Å². The van der Waals surface area contributed by atoms with Crippen LogP contribution in [0.4, 0.5) is 0 Å². The SMILES string of the molecule is CC(C)C(Br)C(=O)NCCCOCCO. The topological polar surface area (TPSA) is 58.6 Å². The van der Waals surface area contributed by atoms with Crippen molar-refractivity contribution in [2.45, 2.75) is 25.1 Å². The van der Waals surface area contributed by atoms with Gasteiger partial charge in [0.05, 0.1) is 18.0 Å². The number of rotatable bonds is 8. The number of amides is 1. The third-order valence-corrected chi connectivity index (χ3v) is 3.31. The highest BCUT2D eigenvalue weighted by atomic mass is 79.9. The first-order valence-corrected chi connectivity index (χ1v) is 6.11. The van der Waals surface area contributed by atoms with E-state index in [2.05, 4.69) is 21.2 Å². The van der Waals surface area contributed by atoms with Crippen molar-refractivity contribution in [3.8, 4) is 0 Å². The molecule has 0 aromatic carbocycles. The Kier molecular flexibility index (Phi) is 9.04. The summed E-state index contributed by atoms with van der Waals surface area (Å²) in [5, 5.41) is 11.3. The maximum absolute atomic E-state index is 11.4. The Morgan fingerprint density at radius 2 is 2.13 bits per heavy atom. The Bertz CT molecular complexity index is 176. The Morgan fingerprint density at radius 3 is 2.67 bits per heavy atom. The van der Waals surface area contributed by atoms with Gasteiger partial charge in [0.2, 0.25) is 5.91 Å². The lowest BCUT2D eigenvalue weighted by molar-refractivity contribution is -0.121. The molecule has 1 atom stereocenters. The van der Waals surface area contributed by atoms with Gasteiger partial charge in [0.15, 0.2) is 0 Å². The first kappa shape index (κ1) is 14.9. The number of carbonyl (C=O) groups excluding carboxylic acids is 1. The summed E-state index contributed by atoms with van der Waals surface area (Å²) >= 11 is 3.33. The predicted octanol–water partition coefficient (Wildman–Crippen LogP) is 0.921. The lowest BCUT2D eigenvalue weighted by Crippen LogP contribution is -2.34. The van der Waals surface area contributed by atoms with E-state index < -0.39 is 0 Å². The molecule has 5 heteroatoms. The molecule has 2 N–H and O–H groups in total. The van der Waals surface area contributed by atoms with E-state index in [1.807, 2.05) is 13.8 Å². The molecule has 0 heterocycles. The van der Waals surface area contributed by atoms with Gasteiger partial charge in [-0.25, -0.2) is 0 Å². The van der Waals surface area contributed by atoms with Crippen molar-refractivity contribution in [3.05, 3.63) is 0 Å². The number of ether oxygens (including phenoxy) is 1. The second-order valence-electron chi connectivity index (χ2n) is 3.63. The van der Waals surface area contributed by atoms with Crippen molar-refractivity contribution < 1.29 is 14.6 Å². The van der Waals surface area contributed by atoms with Gasteiger partial charge in [0.25, 0.3) is 0 Å². The Hall–Kier alpha value is -0.130. The summed E-state index contributed by atoms with van der Waals surface area (Å²) in [5.74, 6) is 0.308. The predicted molar refractivity (Wildman–Crippen MR) is 63.1 cm³/mol. The molecule has 0 spiro atoms. The molecule has 0 bridgehead atoms. The Labute approximate surface area is 99.5 Å². The minimum atomic E-state index is -0.129. The van der Waals surface area contributed by atoms with Gasteiger partial charge in [-0.15, -0.1) is 0 Å². The zero-order valence-electron chi connectivity index (χ0n) is 9.33. The van der Waals surface area contributed by atoms with Crippen molar-refractivity contribution in [1.29, 1.82) is 0 Å². The minimum Gasteiger partial charge on any atom is -0.394 e. The van der Waals surface area contributed by atoms with Crippen molar-refractivity contribution >= 4 is 21.8 Å². The van der Waals surface area contributed by atoms with E-state index >= 15 is 0 Å². The largest absolute Gasteiger partial charge is 0.394 e. The van der Waals surface area contributed by atoms with Crippen molar-refractivity contribution in [3.63, 3.8) is 0 Å². The van der Waals surface area contributed by atoms with Gasteiger partial charge in [-0.05, 0) is 12.3 Å². The molecule has 0 fully saturated rings. The summed E-state index contributed by atoms with van der Waals surface area (Å²) in [5.41, 5.74) is 0. The van der Waals surface area contributed by atoms with Crippen LogP contribution in [-0.4, -0.2) is 42.2 Å². The number of alkyl halides is 1. The zero-order valence-corrected chi connectivity index (χ0v) is 10.9. The average Bonchev–Trinajstić information content (AvgIpc) is 2.21. The number of hydrogen-bond acceptors (Lipinski definition) is 3. The third kappa shape index (κ3) is 7.76. The second-order valence-corrected chi connectivity index (χ2v) is 4.61. The highest BCUT2D eigenvalue weighted by Gasteiger charge is 2.17. The average molecular weight is 282 g/mol. The standard InChI is InChI=1S/C10H20BrNO3/c1-8(2)9(11)10(14)12-4-3-6-15-7-5-13/h8-9,13H,3-7H2,1-2H3,(H,12,14). The fourth-order valence-electron chi connectivity index (χ4n) is 0.953. The van der Waals surface area contributed by atoms with Crippen LogP contribution in [0.25, 0.3) is 0 Å². The maximum atomic E-state index is 11.4. The van der Waals surface area contributed by atoms with E-state index in [4.69, 9.17) is 9.84 Å². The van der Waals surface area contributed by atoms with Crippen LogP contribution in [0.3, 0.4) is 0 Å². The van der Waals surface area contributed by atoms with E-state index in [1.54, 1.807) is 0 Å². The van der Waals surface area contributed by atoms with Crippen LogP contribution >= 0.6 is 15.9 Å². The van der Waals surface area contributed by atoms with Crippen LogP contribution < -0.4 is 5.32 Å². The molecule has 0 saturated heterocycles. The molecule has 0 saturated carbocycles. The summed E-state index contributed by atoms with van der Waals surface area (Å²) in [4.78, 5) is 11.3. The quantitative estimate of drug-likeness (QED) is 0.514. The molecule has 15 heavy (non-hydrogen) atoms. The molecule has 0 aromatic rings. The van der Waals surface area contributed by atoms with Crippen molar-refractivity contribution in [1.82, 2.24) is 5.32 Å². The smallest absolute Gasteiger partial charge is 0.234 e. The number of aliphatic hydroxyl groups excluding tert-OH is 1. The Balaban J connectivity index is 3.39. The molecule has 1 unspecified atom stereocenters. The number of aliphatic hydroxyl groups is 1. The second kappa shape index (κ2) is 9.12. The van der Waals surface area contributed by atoms with E-state index in [0.29, 0.717) is 19.8 Å². The van der Waals surface area contributed by atoms with Crippen LogP contribution in [-0.2, 0) is 9.53 Å². The summed E-state index contributed by atoms with van der Waals surface area (Å²) in [6, 6.07) is 0. The molecule has 0 aromatic heterocycles. The molecule has 4 nitrogen and oxygen atoms in total. The third-order valence-electron chi connectivity index (χ3n) is 1.84. The highest BCUT2D eigenvalue weighted by Crippen LogP contribution is 2.11. The van der Waals surface area contributed by atoms with E-state index in [9.17, 15) is 4.79 Å². The molecule has 0 aliphatic rings. The van der Waals surface area contributed by atoms with Gasteiger partial charge >= 0.3 is 0 Å². The van der Waals surface area contributed by atoms with E-state index in [0.717, 1.165) is 6.42 Å². The van der Waals surface area contributed by atoms with Gasteiger partial charge in [0, 0.05) is 13.2 Å². The zero-order chi connectivity index (χ0) is 11.7. The monoisotopic (exact) mass is 281 g/mol. The maximum Gasteiger partial charge on any atom is 0.234 e. The number of hydrogen-bond donors (Lipinski definition) is 2. The first-order valence-electron chi connectivity index (χ1n) is 5.20.